The summed E-state index contributed by atoms with van der Waals surface area (Å²) in [7, 11) is 2.77. The average molecular weight is 286 g/mol. The second kappa shape index (κ2) is 7.82. The Hall–Kier alpha value is -1.51. The number of rotatable bonds is 7. The molecule has 112 valence electrons. The van der Waals surface area contributed by atoms with Crippen molar-refractivity contribution in [1.29, 1.82) is 0 Å². The van der Waals surface area contributed by atoms with E-state index in [0.717, 1.165) is 4.90 Å². The van der Waals surface area contributed by atoms with Crippen molar-refractivity contribution in [2.45, 2.75) is 12.6 Å². The van der Waals surface area contributed by atoms with Crippen molar-refractivity contribution in [1.82, 2.24) is 9.80 Å². The molecule has 1 N–H and O–H groups in total. The molecule has 0 fully saturated rings. The summed E-state index contributed by atoms with van der Waals surface area (Å²) in [5.41, 5.74) is 0. The fourth-order valence-corrected chi connectivity index (χ4v) is 1.35. The van der Waals surface area contributed by atoms with Crippen molar-refractivity contribution in [2.75, 3.05) is 40.4 Å². The summed E-state index contributed by atoms with van der Waals surface area (Å²) in [5, 5.41) is 8.53. The molecule has 6 nitrogen and oxygen atoms in total. The number of alkyl halides is 3. The van der Waals surface area contributed by atoms with Gasteiger partial charge in [-0.05, 0) is 6.42 Å². The van der Waals surface area contributed by atoms with Gasteiger partial charge in [-0.3, -0.25) is 4.79 Å². The molecule has 0 rings (SSSR count). The third kappa shape index (κ3) is 8.25. The maximum absolute atomic E-state index is 12.3. The van der Waals surface area contributed by atoms with Crippen LogP contribution in [-0.2, 0) is 9.53 Å². The van der Waals surface area contributed by atoms with Crippen LogP contribution in [0.1, 0.15) is 6.42 Å². The Balaban J connectivity index is 4.56. The molecule has 0 aromatic carbocycles. The molecular weight excluding hydrogens is 269 g/mol. The number of urea groups is 1. The summed E-state index contributed by atoms with van der Waals surface area (Å²) in [6, 6.07) is -0.976. The monoisotopic (exact) mass is 286 g/mol. The zero-order valence-electron chi connectivity index (χ0n) is 10.7. The summed E-state index contributed by atoms with van der Waals surface area (Å²) in [5.74, 6) is -1.50. The van der Waals surface area contributed by atoms with E-state index in [0.29, 0.717) is 13.0 Å². The van der Waals surface area contributed by atoms with Crippen LogP contribution in [0.5, 0.6) is 0 Å². The molecule has 0 aliphatic heterocycles. The molecule has 0 unspecified atom stereocenters. The van der Waals surface area contributed by atoms with Gasteiger partial charge in [0.1, 0.15) is 13.1 Å². The van der Waals surface area contributed by atoms with Crippen LogP contribution in [-0.4, -0.2) is 73.5 Å². The molecule has 0 spiro atoms. The van der Waals surface area contributed by atoms with Crippen molar-refractivity contribution >= 4 is 12.0 Å². The number of hydrogen-bond acceptors (Lipinski definition) is 3. The van der Waals surface area contributed by atoms with Crippen molar-refractivity contribution in [3.63, 3.8) is 0 Å². The number of carboxylic acids is 1. The van der Waals surface area contributed by atoms with Gasteiger partial charge in [0.2, 0.25) is 0 Å². The minimum Gasteiger partial charge on any atom is -0.480 e. The van der Waals surface area contributed by atoms with E-state index in [2.05, 4.69) is 0 Å². The molecule has 0 aromatic heterocycles. The number of ether oxygens (including phenoxy) is 1. The highest BCUT2D eigenvalue weighted by Gasteiger charge is 2.34. The van der Waals surface area contributed by atoms with Crippen LogP contribution in [0.3, 0.4) is 0 Å². The Morgan fingerprint density at radius 2 is 1.89 bits per heavy atom. The number of carbonyl (C=O) groups is 2. The zero-order valence-corrected chi connectivity index (χ0v) is 10.7. The highest BCUT2D eigenvalue weighted by Crippen LogP contribution is 2.17. The number of carbonyl (C=O) groups excluding carboxylic acids is 1. The summed E-state index contributed by atoms with van der Waals surface area (Å²) < 4.78 is 41.5. The quantitative estimate of drug-likeness (QED) is 0.709. The molecule has 2 amide bonds. The van der Waals surface area contributed by atoms with Gasteiger partial charge in [-0.2, -0.15) is 13.2 Å². The molecule has 0 radical (unpaired) electrons. The van der Waals surface area contributed by atoms with Gasteiger partial charge in [0.25, 0.3) is 0 Å². The summed E-state index contributed by atoms with van der Waals surface area (Å²) in [4.78, 5) is 23.5. The smallest absolute Gasteiger partial charge is 0.406 e. The van der Waals surface area contributed by atoms with E-state index in [1.807, 2.05) is 0 Å². The molecule has 0 saturated heterocycles. The topological polar surface area (TPSA) is 70.1 Å². The second-order valence-electron chi connectivity index (χ2n) is 3.92. The summed E-state index contributed by atoms with van der Waals surface area (Å²) >= 11 is 0. The van der Waals surface area contributed by atoms with E-state index in [1.165, 1.54) is 14.2 Å². The summed E-state index contributed by atoms with van der Waals surface area (Å²) in [6.07, 6.45) is -4.19. The maximum atomic E-state index is 12.3. The maximum Gasteiger partial charge on any atom is 0.406 e. The highest BCUT2D eigenvalue weighted by atomic mass is 19.4. The molecule has 9 heteroatoms. The van der Waals surface area contributed by atoms with Crippen LogP contribution in [0.2, 0.25) is 0 Å². The van der Waals surface area contributed by atoms with Crippen molar-refractivity contribution in [2.24, 2.45) is 0 Å². The average Bonchev–Trinajstić information content (AvgIpc) is 2.24. The Kier molecular flexibility index (Phi) is 7.20. The molecule has 0 aliphatic carbocycles. The fraction of sp³-hybridized carbons (Fsp3) is 0.800. The summed E-state index contributed by atoms with van der Waals surface area (Å²) in [6.45, 7) is -2.05. The SMILES string of the molecule is COCCCN(C)C(=O)N(CC(=O)O)CC(F)(F)F. The van der Waals surface area contributed by atoms with E-state index in [1.54, 1.807) is 0 Å². The van der Waals surface area contributed by atoms with E-state index in [-0.39, 0.29) is 11.4 Å². The van der Waals surface area contributed by atoms with Crippen molar-refractivity contribution < 1.29 is 32.6 Å². The van der Waals surface area contributed by atoms with E-state index in [4.69, 9.17) is 9.84 Å². The number of hydrogen-bond donors (Lipinski definition) is 1. The molecule has 0 atom stereocenters. The lowest BCUT2D eigenvalue weighted by Crippen LogP contribution is -2.48. The number of carboxylic acid groups (broad SMARTS) is 1. The number of methoxy groups -OCH3 is 1. The van der Waals surface area contributed by atoms with E-state index in [9.17, 15) is 22.8 Å². The lowest BCUT2D eigenvalue weighted by Gasteiger charge is -2.27. The number of nitrogens with zero attached hydrogens (tertiary/aromatic N) is 2. The number of amides is 2. The van der Waals surface area contributed by atoms with Crippen LogP contribution < -0.4 is 0 Å². The first-order chi connectivity index (χ1) is 8.67. The van der Waals surface area contributed by atoms with Gasteiger partial charge in [-0.1, -0.05) is 0 Å². The third-order valence-corrected chi connectivity index (χ3v) is 2.14. The predicted molar refractivity (Wildman–Crippen MR) is 59.8 cm³/mol. The Labute approximate surface area is 108 Å². The van der Waals surface area contributed by atoms with Crippen LogP contribution in [0.4, 0.5) is 18.0 Å². The van der Waals surface area contributed by atoms with Crippen LogP contribution in [0, 0.1) is 0 Å². The first-order valence-corrected chi connectivity index (χ1v) is 5.45. The Morgan fingerprint density at radius 1 is 1.32 bits per heavy atom. The van der Waals surface area contributed by atoms with Crippen LogP contribution in [0.25, 0.3) is 0 Å². The predicted octanol–water partition coefficient (Wildman–Crippen LogP) is 1.02. The van der Waals surface area contributed by atoms with E-state index < -0.39 is 31.3 Å². The lowest BCUT2D eigenvalue weighted by molar-refractivity contribution is -0.149. The minimum absolute atomic E-state index is 0.181. The molecule has 19 heavy (non-hydrogen) atoms. The fourth-order valence-electron chi connectivity index (χ4n) is 1.35. The Morgan fingerprint density at radius 3 is 2.32 bits per heavy atom. The minimum atomic E-state index is -4.64. The molecular formula is C10H17F3N2O4. The van der Waals surface area contributed by atoms with Crippen LogP contribution >= 0.6 is 0 Å². The standard InChI is InChI=1S/C10H17F3N2O4/c1-14(4-3-5-19-2)9(18)15(6-8(16)17)7-10(11,12)13/h3-7H2,1-2H3,(H,16,17). The third-order valence-electron chi connectivity index (χ3n) is 2.14. The van der Waals surface area contributed by atoms with Crippen LogP contribution in [0.15, 0.2) is 0 Å². The number of halogens is 3. The van der Waals surface area contributed by atoms with Gasteiger partial charge in [0.15, 0.2) is 0 Å². The molecule has 0 bridgehead atoms. The number of aliphatic carboxylic acids is 1. The van der Waals surface area contributed by atoms with E-state index >= 15 is 0 Å². The lowest BCUT2D eigenvalue weighted by atomic mass is 10.4. The van der Waals surface area contributed by atoms with Crippen molar-refractivity contribution in [3.05, 3.63) is 0 Å². The molecule has 0 saturated carbocycles. The largest absolute Gasteiger partial charge is 0.480 e. The van der Waals surface area contributed by atoms with Gasteiger partial charge in [-0.25, -0.2) is 4.79 Å². The van der Waals surface area contributed by atoms with Gasteiger partial charge in [0.05, 0.1) is 0 Å². The van der Waals surface area contributed by atoms with Gasteiger partial charge in [0, 0.05) is 27.3 Å². The molecule has 0 heterocycles. The highest BCUT2D eigenvalue weighted by molar-refractivity contribution is 5.80. The molecule has 0 aromatic rings. The molecule has 0 aliphatic rings. The first-order valence-electron chi connectivity index (χ1n) is 5.45. The van der Waals surface area contributed by atoms with Crippen molar-refractivity contribution in [3.8, 4) is 0 Å². The van der Waals surface area contributed by atoms with Gasteiger partial charge >= 0.3 is 18.2 Å². The van der Waals surface area contributed by atoms with Gasteiger partial charge < -0.3 is 19.6 Å². The van der Waals surface area contributed by atoms with Gasteiger partial charge in [-0.15, -0.1) is 0 Å². The second-order valence-corrected chi connectivity index (χ2v) is 3.92. The Bertz CT molecular complexity index is 310. The first kappa shape index (κ1) is 17.5. The zero-order chi connectivity index (χ0) is 15.1. The normalized spacial score (nSPS) is 11.2.